The number of esters is 1. The van der Waals surface area contributed by atoms with E-state index in [4.69, 9.17) is 21.3 Å². The summed E-state index contributed by atoms with van der Waals surface area (Å²) in [6.45, 7) is 19.9. The van der Waals surface area contributed by atoms with Crippen molar-refractivity contribution in [1.82, 2.24) is 14.4 Å². The van der Waals surface area contributed by atoms with Gasteiger partial charge in [0.1, 0.15) is 17.5 Å². The van der Waals surface area contributed by atoms with Gasteiger partial charge in [0.15, 0.2) is 5.65 Å². The predicted molar refractivity (Wildman–Crippen MR) is 158 cm³/mol. The van der Waals surface area contributed by atoms with E-state index in [0.717, 1.165) is 18.4 Å². The summed E-state index contributed by atoms with van der Waals surface area (Å²) in [5, 5.41) is 0.596. The lowest BCUT2D eigenvalue weighted by Gasteiger charge is -2.50. The smallest absolute Gasteiger partial charge is 0.342 e. The Morgan fingerprint density at radius 1 is 1.08 bits per heavy atom. The fourth-order valence-electron chi connectivity index (χ4n) is 6.18. The number of aromatic amines is 1. The van der Waals surface area contributed by atoms with E-state index in [1.165, 1.54) is 4.40 Å². The number of halogens is 1. The maximum absolute atomic E-state index is 14.3. The number of benzene rings is 1. The molecule has 0 aliphatic heterocycles. The van der Waals surface area contributed by atoms with E-state index in [-0.39, 0.29) is 34.5 Å². The quantitative estimate of drug-likeness (QED) is 0.327. The molecule has 2 aromatic heterocycles. The van der Waals surface area contributed by atoms with E-state index in [0.29, 0.717) is 45.9 Å². The number of carbonyl (C=O) groups excluding carboxylic acids is 1. The number of aromatic nitrogens is 3. The van der Waals surface area contributed by atoms with E-state index < -0.39 is 5.97 Å². The molecule has 2 atom stereocenters. The molecular weight excluding hydrogens is 510 g/mol. The summed E-state index contributed by atoms with van der Waals surface area (Å²) in [5.74, 6) is 1.38. The number of nitrogens with one attached hydrogen (secondary N) is 1. The highest BCUT2D eigenvalue weighted by molar-refractivity contribution is 6.30. The maximum Gasteiger partial charge on any atom is 0.342 e. The number of hydrogen-bond donors (Lipinski definition) is 1. The number of nitrogens with zero attached hydrogens (tertiary/aromatic N) is 2. The molecule has 3 aromatic rings. The lowest BCUT2D eigenvalue weighted by Crippen LogP contribution is -2.49. The number of rotatable bonds is 5. The Hall–Kier alpha value is -2.60. The van der Waals surface area contributed by atoms with Gasteiger partial charge in [-0.3, -0.25) is 9.38 Å². The molecule has 7 heteroatoms. The number of carbonyl (C=O) groups is 1. The second-order valence-electron chi connectivity index (χ2n) is 14.1. The molecule has 4 rings (SSSR count). The molecule has 2 unspecified atom stereocenters. The Kier molecular flexibility index (Phi) is 8.11. The van der Waals surface area contributed by atoms with Crippen LogP contribution >= 0.6 is 11.6 Å². The SMILES string of the molecule is CC(C)Cc1nc2c(C(=O)OC3C(C(C)(C)C)CC(C)CC3C(C)(C)C)c(-c3ccc(Cl)cc3)cn2c(=O)[nH]1. The standard InChI is InChI=1S/C32H44ClN3O3/c1-18(2)14-25-34-28-26(22(17-36(28)30(38)35-25)20-10-12-21(33)13-11-20)29(37)39-27-23(31(4,5)6)15-19(3)16-24(27)32(7,8)9/h10-13,17-19,23-24,27H,14-16H2,1-9H3,(H,34,35,38). The van der Waals surface area contributed by atoms with E-state index in [2.05, 4.69) is 67.3 Å². The van der Waals surface area contributed by atoms with Crippen LogP contribution in [0.3, 0.4) is 0 Å². The molecule has 0 amide bonds. The molecule has 212 valence electrons. The van der Waals surface area contributed by atoms with Crippen molar-refractivity contribution in [1.29, 1.82) is 0 Å². The lowest BCUT2D eigenvalue weighted by atomic mass is 9.59. The first-order valence-electron chi connectivity index (χ1n) is 14.2. The fraction of sp³-hybridized carbons (Fsp3) is 0.594. The Bertz CT molecular complexity index is 1370. The number of fused-ring (bicyclic) bond motifs is 1. The van der Waals surface area contributed by atoms with E-state index >= 15 is 0 Å². The summed E-state index contributed by atoms with van der Waals surface area (Å²) >= 11 is 6.17. The van der Waals surface area contributed by atoms with Crippen molar-refractivity contribution < 1.29 is 9.53 Å². The van der Waals surface area contributed by atoms with Gasteiger partial charge in [0, 0.05) is 35.0 Å². The minimum atomic E-state index is -0.431. The summed E-state index contributed by atoms with van der Waals surface area (Å²) in [7, 11) is 0. The topological polar surface area (TPSA) is 76.5 Å². The number of H-pyrrole nitrogens is 1. The molecule has 0 radical (unpaired) electrons. The van der Waals surface area contributed by atoms with Gasteiger partial charge in [0.05, 0.1) is 0 Å². The molecule has 1 aromatic carbocycles. The average molecular weight is 554 g/mol. The molecule has 1 fully saturated rings. The lowest BCUT2D eigenvalue weighted by molar-refractivity contribution is -0.0922. The highest BCUT2D eigenvalue weighted by Gasteiger charge is 2.48. The average Bonchev–Trinajstić information content (AvgIpc) is 3.18. The monoisotopic (exact) mass is 553 g/mol. The molecule has 1 aliphatic carbocycles. The van der Waals surface area contributed by atoms with Crippen molar-refractivity contribution in [3.05, 3.63) is 57.4 Å². The van der Waals surface area contributed by atoms with Gasteiger partial charge in [0.2, 0.25) is 0 Å². The molecule has 0 bridgehead atoms. The first-order valence-corrected chi connectivity index (χ1v) is 14.5. The zero-order valence-corrected chi connectivity index (χ0v) is 25.6. The van der Waals surface area contributed by atoms with Crippen LogP contribution in [0.5, 0.6) is 0 Å². The van der Waals surface area contributed by atoms with E-state index in [1.807, 2.05) is 12.1 Å². The summed E-state index contributed by atoms with van der Waals surface area (Å²) < 4.78 is 8.01. The van der Waals surface area contributed by atoms with Crippen LogP contribution < -0.4 is 5.69 Å². The Labute approximate surface area is 237 Å². The zero-order valence-electron chi connectivity index (χ0n) is 24.9. The number of hydrogen-bond acceptors (Lipinski definition) is 4. The Balaban J connectivity index is 1.88. The second-order valence-corrected chi connectivity index (χ2v) is 14.5. The van der Waals surface area contributed by atoms with Crippen LogP contribution in [-0.4, -0.2) is 26.4 Å². The minimum Gasteiger partial charge on any atom is -0.458 e. The van der Waals surface area contributed by atoms with Gasteiger partial charge in [-0.15, -0.1) is 0 Å². The van der Waals surface area contributed by atoms with Crippen molar-refractivity contribution in [2.24, 2.45) is 34.5 Å². The largest absolute Gasteiger partial charge is 0.458 e. The maximum atomic E-state index is 14.3. The van der Waals surface area contributed by atoms with Gasteiger partial charge in [-0.05, 0) is 53.2 Å². The first kappa shape index (κ1) is 29.4. The summed E-state index contributed by atoms with van der Waals surface area (Å²) in [6.07, 6.45) is 4.04. The first-order chi connectivity index (χ1) is 18.1. The van der Waals surface area contributed by atoms with Crippen LogP contribution in [0.1, 0.15) is 91.3 Å². The third kappa shape index (κ3) is 6.26. The van der Waals surface area contributed by atoms with Crippen molar-refractivity contribution >= 4 is 23.2 Å². The van der Waals surface area contributed by atoms with Crippen LogP contribution in [0.15, 0.2) is 35.3 Å². The molecular formula is C32H44ClN3O3. The van der Waals surface area contributed by atoms with Crippen LogP contribution in [0.4, 0.5) is 0 Å². The molecule has 6 nitrogen and oxygen atoms in total. The molecule has 0 spiro atoms. The van der Waals surface area contributed by atoms with E-state index in [1.54, 1.807) is 18.3 Å². The summed E-state index contributed by atoms with van der Waals surface area (Å²) in [6, 6.07) is 7.28. The van der Waals surface area contributed by atoms with Gasteiger partial charge in [0.25, 0.3) is 0 Å². The van der Waals surface area contributed by atoms with Crippen molar-refractivity contribution in [2.45, 2.75) is 87.7 Å². The highest BCUT2D eigenvalue weighted by atomic mass is 35.5. The van der Waals surface area contributed by atoms with Gasteiger partial charge >= 0.3 is 11.7 Å². The third-order valence-corrected chi connectivity index (χ3v) is 8.48. The molecule has 1 N–H and O–H groups in total. The van der Waals surface area contributed by atoms with Gasteiger partial charge in [-0.25, -0.2) is 14.6 Å². The highest BCUT2D eigenvalue weighted by Crippen LogP contribution is 2.50. The Morgan fingerprint density at radius 3 is 2.15 bits per heavy atom. The van der Waals surface area contributed by atoms with Crippen LogP contribution in [0.25, 0.3) is 16.8 Å². The number of ether oxygens (including phenoxy) is 1. The third-order valence-electron chi connectivity index (χ3n) is 8.22. The minimum absolute atomic E-state index is 0.0369. The summed E-state index contributed by atoms with van der Waals surface area (Å²) in [5.41, 5.74) is 1.64. The van der Waals surface area contributed by atoms with Gasteiger partial charge in [-0.1, -0.05) is 86.0 Å². The van der Waals surface area contributed by atoms with E-state index in [9.17, 15) is 9.59 Å². The summed E-state index contributed by atoms with van der Waals surface area (Å²) in [4.78, 5) is 35.1. The van der Waals surface area contributed by atoms with Crippen LogP contribution in [-0.2, 0) is 11.2 Å². The molecule has 1 aliphatic rings. The molecule has 39 heavy (non-hydrogen) atoms. The van der Waals surface area contributed by atoms with Crippen molar-refractivity contribution in [3.63, 3.8) is 0 Å². The predicted octanol–water partition coefficient (Wildman–Crippen LogP) is 7.82. The van der Waals surface area contributed by atoms with Crippen molar-refractivity contribution in [3.8, 4) is 11.1 Å². The van der Waals surface area contributed by atoms with Crippen molar-refractivity contribution in [2.75, 3.05) is 0 Å². The zero-order chi connectivity index (χ0) is 28.9. The Morgan fingerprint density at radius 2 is 1.64 bits per heavy atom. The van der Waals surface area contributed by atoms with Crippen LogP contribution in [0.2, 0.25) is 5.02 Å². The van der Waals surface area contributed by atoms with Crippen LogP contribution in [0, 0.1) is 34.5 Å². The second kappa shape index (κ2) is 10.8. The molecule has 0 saturated heterocycles. The normalized spacial score (nSPS) is 22.4. The molecule has 1 saturated carbocycles. The van der Waals surface area contributed by atoms with Gasteiger partial charge < -0.3 is 4.74 Å². The molecule has 2 heterocycles. The van der Waals surface area contributed by atoms with Gasteiger partial charge in [-0.2, -0.15) is 0 Å². The fourth-order valence-corrected chi connectivity index (χ4v) is 6.31.